The SMILES string of the molecule is CC(C=O)=CCCC(C)c1ccc(C)cc1O. The highest BCUT2D eigenvalue weighted by molar-refractivity contribution is 5.71. The van der Waals surface area contributed by atoms with Crippen molar-refractivity contribution in [1.29, 1.82) is 0 Å². The molecule has 0 heterocycles. The van der Waals surface area contributed by atoms with E-state index in [1.54, 1.807) is 13.0 Å². The van der Waals surface area contributed by atoms with E-state index in [2.05, 4.69) is 6.92 Å². The van der Waals surface area contributed by atoms with Crippen LogP contribution in [0.25, 0.3) is 0 Å². The van der Waals surface area contributed by atoms with Crippen molar-refractivity contribution in [3.63, 3.8) is 0 Å². The molecule has 17 heavy (non-hydrogen) atoms. The minimum atomic E-state index is 0.298. The summed E-state index contributed by atoms with van der Waals surface area (Å²) >= 11 is 0. The summed E-state index contributed by atoms with van der Waals surface area (Å²) in [5.41, 5.74) is 2.81. The Morgan fingerprint density at radius 3 is 2.76 bits per heavy atom. The lowest BCUT2D eigenvalue weighted by molar-refractivity contribution is -0.104. The smallest absolute Gasteiger partial charge is 0.145 e. The number of aromatic hydroxyl groups is 1. The summed E-state index contributed by atoms with van der Waals surface area (Å²) in [5, 5.41) is 9.84. The van der Waals surface area contributed by atoms with Gasteiger partial charge in [0.05, 0.1) is 0 Å². The normalized spacial score (nSPS) is 13.5. The molecule has 2 nitrogen and oxygen atoms in total. The molecule has 0 bridgehead atoms. The largest absolute Gasteiger partial charge is 0.508 e. The number of carbonyl (C=O) groups is 1. The van der Waals surface area contributed by atoms with E-state index in [-0.39, 0.29) is 0 Å². The molecule has 0 aliphatic rings. The number of phenols is 1. The topological polar surface area (TPSA) is 37.3 Å². The van der Waals surface area contributed by atoms with Crippen LogP contribution in [0.1, 0.15) is 43.7 Å². The Morgan fingerprint density at radius 1 is 1.47 bits per heavy atom. The summed E-state index contributed by atoms with van der Waals surface area (Å²) in [4.78, 5) is 10.4. The van der Waals surface area contributed by atoms with Crippen LogP contribution in [0, 0.1) is 6.92 Å². The van der Waals surface area contributed by atoms with Crippen molar-refractivity contribution >= 4 is 6.29 Å². The van der Waals surface area contributed by atoms with E-state index in [0.717, 1.165) is 35.8 Å². The van der Waals surface area contributed by atoms with Gasteiger partial charge in [-0.05, 0) is 55.4 Å². The second-order valence-electron chi connectivity index (χ2n) is 4.61. The van der Waals surface area contributed by atoms with E-state index in [1.165, 1.54) is 0 Å². The minimum absolute atomic E-state index is 0.298. The lowest BCUT2D eigenvalue weighted by Gasteiger charge is -2.13. The van der Waals surface area contributed by atoms with Crippen LogP contribution in [-0.2, 0) is 4.79 Å². The van der Waals surface area contributed by atoms with E-state index in [9.17, 15) is 9.90 Å². The van der Waals surface area contributed by atoms with Crippen LogP contribution in [0.3, 0.4) is 0 Å². The summed E-state index contributed by atoms with van der Waals surface area (Å²) in [6.07, 6.45) is 4.60. The molecule has 1 aromatic rings. The standard InChI is InChI=1S/C15H20O2/c1-11-7-8-14(15(17)9-11)13(3)6-4-5-12(2)10-16/h5,7-10,13,17H,4,6H2,1-3H3. The number of hydrogen-bond donors (Lipinski definition) is 1. The zero-order valence-corrected chi connectivity index (χ0v) is 10.7. The van der Waals surface area contributed by atoms with Crippen molar-refractivity contribution in [3.05, 3.63) is 41.0 Å². The minimum Gasteiger partial charge on any atom is -0.508 e. The fourth-order valence-corrected chi connectivity index (χ4v) is 1.84. The molecule has 0 spiro atoms. The maximum atomic E-state index is 10.4. The zero-order valence-electron chi connectivity index (χ0n) is 10.7. The molecular formula is C15H20O2. The van der Waals surface area contributed by atoms with Crippen molar-refractivity contribution in [2.24, 2.45) is 0 Å². The molecule has 0 aliphatic heterocycles. The molecule has 1 N–H and O–H groups in total. The average Bonchev–Trinajstić information content (AvgIpc) is 2.28. The van der Waals surface area contributed by atoms with Gasteiger partial charge >= 0.3 is 0 Å². The molecule has 2 heteroatoms. The zero-order chi connectivity index (χ0) is 12.8. The number of hydrogen-bond acceptors (Lipinski definition) is 2. The summed E-state index contributed by atoms with van der Waals surface area (Å²) in [6.45, 7) is 5.86. The molecule has 0 aliphatic carbocycles. The molecule has 0 amide bonds. The van der Waals surface area contributed by atoms with Gasteiger partial charge in [-0.25, -0.2) is 0 Å². The van der Waals surface area contributed by atoms with Gasteiger partial charge in [-0.3, -0.25) is 4.79 Å². The molecule has 1 aromatic carbocycles. The molecule has 1 unspecified atom stereocenters. The first kappa shape index (κ1) is 13.5. The predicted octanol–water partition coefficient (Wildman–Crippen LogP) is 3.73. The Labute approximate surface area is 103 Å². The van der Waals surface area contributed by atoms with E-state index in [4.69, 9.17) is 0 Å². The Hall–Kier alpha value is -1.57. The van der Waals surface area contributed by atoms with Crippen LogP contribution in [0.2, 0.25) is 0 Å². The number of phenolic OH excluding ortho intramolecular Hbond substituents is 1. The molecule has 1 rings (SSSR count). The van der Waals surface area contributed by atoms with Crippen LogP contribution >= 0.6 is 0 Å². The summed E-state index contributed by atoms with van der Waals surface area (Å²) < 4.78 is 0. The predicted molar refractivity (Wildman–Crippen MR) is 70.3 cm³/mol. The van der Waals surface area contributed by atoms with Crippen LogP contribution in [-0.4, -0.2) is 11.4 Å². The maximum absolute atomic E-state index is 10.4. The van der Waals surface area contributed by atoms with Gasteiger partial charge in [0.15, 0.2) is 0 Å². The molecule has 0 aromatic heterocycles. The van der Waals surface area contributed by atoms with Gasteiger partial charge in [0.1, 0.15) is 12.0 Å². The number of aryl methyl sites for hydroxylation is 1. The number of carbonyl (C=O) groups excluding carboxylic acids is 1. The lowest BCUT2D eigenvalue weighted by Crippen LogP contribution is -1.94. The molecule has 0 saturated carbocycles. The van der Waals surface area contributed by atoms with Gasteiger partial charge in [-0.15, -0.1) is 0 Å². The van der Waals surface area contributed by atoms with Crippen molar-refractivity contribution in [2.75, 3.05) is 0 Å². The Bertz CT molecular complexity index is 419. The molecule has 1 atom stereocenters. The van der Waals surface area contributed by atoms with Crippen molar-refractivity contribution in [1.82, 2.24) is 0 Å². The maximum Gasteiger partial charge on any atom is 0.145 e. The Morgan fingerprint density at radius 2 is 2.18 bits per heavy atom. The van der Waals surface area contributed by atoms with Crippen LogP contribution in [0.5, 0.6) is 5.75 Å². The van der Waals surface area contributed by atoms with Gasteiger partial charge < -0.3 is 5.11 Å². The third-order valence-corrected chi connectivity index (χ3v) is 2.97. The van der Waals surface area contributed by atoms with Gasteiger partial charge in [-0.2, -0.15) is 0 Å². The van der Waals surface area contributed by atoms with Crippen molar-refractivity contribution in [2.45, 2.75) is 39.5 Å². The van der Waals surface area contributed by atoms with Gasteiger partial charge in [-0.1, -0.05) is 25.1 Å². The second-order valence-corrected chi connectivity index (χ2v) is 4.61. The average molecular weight is 232 g/mol. The first-order valence-corrected chi connectivity index (χ1v) is 5.96. The fraction of sp³-hybridized carbons (Fsp3) is 0.400. The van der Waals surface area contributed by atoms with Gasteiger partial charge in [0, 0.05) is 0 Å². The molecule has 0 radical (unpaired) electrons. The summed E-state index contributed by atoms with van der Waals surface area (Å²) in [5.74, 6) is 0.667. The molecule has 0 fully saturated rings. The third kappa shape index (κ3) is 4.06. The molecule has 0 saturated heterocycles. The fourth-order valence-electron chi connectivity index (χ4n) is 1.84. The van der Waals surface area contributed by atoms with E-state index in [1.807, 2.05) is 25.1 Å². The van der Waals surface area contributed by atoms with E-state index < -0.39 is 0 Å². The third-order valence-electron chi connectivity index (χ3n) is 2.97. The lowest BCUT2D eigenvalue weighted by atomic mass is 9.94. The first-order chi connectivity index (χ1) is 8.04. The number of allylic oxidation sites excluding steroid dienone is 2. The van der Waals surface area contributed by atoms with Crippen molar-refractivity contribution < 1.29 is 9.90 Å². The first-order valence-electron chi connectivity index (χ1n) is 5.96. The Balaban J connectivity index is 2.64. The summed E-state index contributed by atoms with van der Waals surface area (Å²) in [6, 6.07) is 5.78. The highest BCUT2D eigenvalue weighted by Gasteiger charge is 2.09. The van der Waals surface area contributed by atoms with Crippen LogP contribution < -0.4 is 0 Å². The monoisotopic (exact) mass is 232 g/mol. The van der Waals surface area contributed by atoms with Crippen molar-refractivity contribution in [3.8, 4) is 5.75 Å². The number of aldehydes is 1. The number of benzene rings is 1. The molecule has 92 valence electrons. The van der Waals surface area contributed by atoms with E-state index in [0.29, 0.717) is 11.7 Å². The second kappa shape index (κ2) is 6.24. The van der Waals surface area contributed by atoms with Gasteiger partial charge in [0.2, 0.25) is 0 Å². The van der Waals surface area contributed by atoms with E-state index >= 15 is 0 Å². The summed E-state index contributed by atoms with van der Waals surface area (Å²) in [7, 11) is 0. The number of rotatable bonds is 5. The molecular weight excluding hydrogens is 212 g/mol. The quantitative estimate of drug-likeness (QED) is 0.620. The van der Waals surface area contributed by atoms with Crippen LogP contribution in [0.15, 0.2) is 29.8 Å². The highest BCUT2D eigenvalue weighted by atomic mass is 16.3. The van der Waals surface area contributed by atoms with Crippen LogP contribution in [0.4, 0.5) is 0 Å². The highest BCUT2D eigenvalue weighted by Crippen LogP contribution is 2.29. The van der Waals surface area contributed by atoms with Gasteiger partial charge in [0.25, 0.3) is 0 Å². The Kier molecular flexibility index (Phi) is 4.95.